The predicted octanol–water partition coefficient (Wildman–Crippen LogP) is 2.31. The van der Waals surface area contributed by atoms with Gasteiger partial charge in [-0.1, -0.05) is 6.07 Å². The number of aryl methyl sites for hydroxylation is 1. The first-order valence-electron chi connectivity index (χ1n) is 5.17. The number of aliphatic hydroxyl groups is 1. The number of rotatable bonds is 1. The molecule has 2 rings (SSSR count). The maximum absolute atomic E-state index is 11.5. The molecule has 0 bridgehead atoms. The molecule has 0 aliphatic carbocycles. The maximum Gasteiger partial charge on any atom is 0.338 e. The van der Waals surface area contributed by atoms with Crippen LogP contribution in [0.3, 0.4) is 0 Å². The van der Waals surface area contributed by atoms with Gasteiger partial charge in [0.25, 0.3) is 0 Å². The van der Waals surface area contributed by atoms with Crippen LogP contribution in [0.5, 0.6) is 0 Å². The van der Waals surface area contributed by atoms with E-state index in [1.807, 2.05) is 19.1 Å². The molecule has 1 N–H and O–H groups in total. The average molecular weight is 238 g/mol. The zero-order chi connectivity index (χ0) is 11.7. The topological polar surface area (TPSA) is 46.5 Å². The van der Waals surface area contributed by atoms with Gasteiger partial charge in [-0.2, -0.15) is 0 Å². The Bertz CT molecular complexity index is 429. The Hall–Kier alpha value is -1.00. The van der Waals surface area contributed by atoms with Crippen molar-refractivity contribution in [1.29, 1.82) is 0 Å². The first kappa shape index (κ1) is 11.5. The molecule has 1 aromatic rings. The molecule has 0 amide bonds. The molecule has 1 unspecified atom stereocenters. The van der Waals surface area contributed by atoms with Gasteiger partial charge in [-0.15, -0.1) is 11.8 Å². The zero-order valence-electron chi connectivity index (χ0n) is 9.32. The van der Waals surface area contributed by atoms with Crippen LogP contribution in [-0.2, 0) is 4.74 Å². The lowest BCUT2D eigenvalue weighted by Gasteiger charge is -2.22. The molecule has 1 aromatic carbocycles. The van der Waals surface area contributed by atoms with E-state index in [1.54, 1.807) is 11.8 Å². The number of hydrogen-bond acceptors (Lipinski definition) is 4. The number of thioether (sulfide) groups is 1. The second-order valence-electron chi connectivity index (χ2n) is 3.85. The van der Waals surface area contributed by atoms with Crippen molar-refractivity contribution >= 4 is 17.7 Å². The third-order valence-corrected chi connectivity index (χ3v) is 3.87. The molecule has 1 aliphatic rings. The number of carbonyl (C=O) groups is 1. The second kappa shape index (κ2) is 4.47. The fraction of sp³-hybridized carbons (Fsp3) is 0.417. The Morgan fingerprint density at radius 3 is 3.00 bits per heavy atom. The van der Waals surface area contributed by atoms with E-state index >= 15 is 0 Å². The Labute approximate surface area is 98.8 Å². The highest BCUT2D eigenvalue weighted by molar-refractivity contribution is 7.99. The first-order valence-corrected chi connectivity index (χ1v) is 6.15. The van der Waals surface area contributed by atoms with Gasteiger partial charge < -0.3 is 9.84 Å². The number of hydrogen-bond donors (Lipinski definition) is 1. The largest absolute Gasteiger partial charge is 0.465 e. The third kappa shape index (κ3) is 1.95. The van der Waals surface area contributed by atoms with Crippen molar-refractivity contribution in [3.05, 3.63) is 28.8 Å². The van der Waals surface area contributed by atoms with Crippen molar-refractivity contribution in [3.8, 4) is 0 Å². The summed E-state index contributed by atoms with van der Waals surface area (Å²) in [5, 5.41) is 9.84. The monoisotopic (exact) mass is 238 g/mol. The van der Waals surface area contributed by atoms with Crippen LogP contribution in [0.2, 0.25) is 0 Å². The molecule has 86 valence electrons. The highest BCUT2D eigenvalue weighted by atomic mass is 32.2. The third-order valence-electron chi connectivity index (χ3n) is 2.77. The van der Waals surface area contributed by atoms with E-state index < -0.39 is 6.10 Å². The van der Waals surface area contributed by atoms with Crippen LogP contribution in [0.4, 0.5) is 0 Å². The summed E-state index contributed by atoms with van der Waals surface area (Å²) in [4.78, 5) is 12.5. The molecule has 4 heteroatoms. The number of carbonyl (C=O) groups excluding carboxylic acids is 1. The van der Waals surface area contributed by atoms with Gasteiger partial charge in [0.1, 0.15) is 0 Å². The summed E-state index contributed by atoms with van der Waals surface area (Å²) in [6, 6.07) is 3.71. The number of benzene rings is 1. The van der Waals surface area contributed by atoms with Crippen molar-refractivity contribution in [2.45, 2.75) is 24.3 Å². The highest BCUT2D eigenvalue weighted by Gasteiger charge is 2.21. The Balaban J connectivity index is 2.48. The molecule has 16 heavy (non-hydrogen) atoms. The summed E-state index contributed by atoms with van der Waals surface area (Å²) in [7, 11) is 1.38. The standard InChI is InChI=1S/C12H14O3S/c1-7-5-9-10(13)3-4-16-11(9)6-8(7)12(14)15-2/h5-6,10,13H,3-4H2,1-2H3. The molecule has 0 spiro atoms. The SMILES string of the molecule is COC(=O)c1cc2c(cc1C)C(O)CCS2. The minimum absolute atomic E-state index is 0.319. The number of ether oxygens (including phenoxy) is 1. The molecular formula is C12H14O3S. The zero-order valence-corrected chi connectivity index (χ0v) is 10.1. The van der Waals surface area contributed by atoms with E-state index in [1.165, 1.54) is 7.11 Å². The smallest absolute Gasteiger partial charge is 0.338 e. The molecule has 0 fully saturated rings. The first-order chi connectivity index (χ1) is 7.63. The van der Waals surface area contributed by atoms with Crippen LogP contribution in [0.1, 0.15) is 34.0 Å². The van der Waals surface area contributed by atoms with E-state index in [2.05, 4.69) is 0 Å². The van der Waals surface area contributed by atoms with Crippen molar-refractivity contribution in [2.24, 2.45) is 0 Å². The van der Waals surface area contributed by atoms with Crippen molar-refractivity contribution in [2.75, 3.05) is 12.9 Å². The maximum atomic E-state index is 11.5. The fourth-order valence-electron chi connectivity index (χ4n) is 1.86. The molecule has 0 aromatic heterocycles. The van der Waals surface area contributed by atoms with Gasteiger partial charge in [-0.05, 0) is 30.5 Å². The van der Waals surface area contributed by atoms with Crippen LogP contribution in [-0.4, -0.2) is 23.9 Å². The summed E-state index contributed by atoms with van der Waals surface area (Å²) in [5.41, 5.74) is 2.37. The lowest BCUT2D eigenvalue weighted by molar-refractivity contribution is 0.0599. The summed E-state index contributed by atoms with van der Waals surface area (Å²) >= 11 is 1.68. The lowest BCUT2D eigenvalue weighted by Crippen LogP contribution is -2.10. The lowest BCUT2D eigenvalue weighted by atomic mass is 10.00. The molecule has 0 saturated carbocycles. The van der Waals surface area contributed by atoms with E-state index in [0.717, 1.165) is 28.2 Å². The van der Waals surface area contributed by atoms with Gasteiger partial charge in [-0.25, -0.2) is 4.79 Å². The van der Waals surface area contributed by atoms with Crippen molar-refractivity contribution in [3.63, 3.8) is 0 Å². The van der Waals surface area contributed by atoms with Gasteiger partial charge in [0.15, 0.2) is 0 Å². The van der Waals surface area contributed by atoms with Crippen LogP contribution in [0, 0.1) is 6.92 Å². The number of methoxy groups -OCH3 is 1. The molecule has 3 nitrogen and oxygen atoms in total. The summed E-state index contributed by atoms with van der Waals surface area (Å²) in [6.07, 6.45) is 0.371. The van der Waals surface area contributed by atoms with E-state index in [9.17, 15) is 9.90 Å². The summed E-state index contributed by atoms with van der Waals surface area (Å²) < 4.78 is 4.72. The Morgan fingerprint density at radius 1 is 1.56 bits per heavy atom. The molecule has 0 radical (unpaired) electrons. The Kier molecular flexibility index (Phi) is 3.21. The van der Waals surface area contributed by atoms with Gasteiger partial charge in [0.2, 0.25) is 0 Å². The van der Waals surface area contributed by atoms with Crippen LogP contribution >= 0.6 is 11.8 Å². The normalized spacial score (nSPS) is 19.1. The molecule has 1 heterocycles. The molecular weight excluding hydrogens is 224 g/mol. The molecule has 0 saturated heterocycles. The predicted molar refractivity (Wildman–Crippen MR) is 62.8 cm³/mol. The van der Waals surface area contributed by atoms with Crippen molar-refractivity contribution in [1.82, 2.24) is 0 Å². The second-order valence-corrected chi connectivity index (χ2v) is 4.99. The minimum Gasteiger partial charge on any atom is -0.465 e. The van der Waals surface area contributed by atoms with Crippen LogP contribution < -0.4 is 0 Å². The Morgan fingerprint density at radius 2 is 2.31 bits per heavy atom. The molecule has 1 atom stereocenters. The van der Waals surface area contributed by atoms with Crippen LogP contribution in [0.15, 0.2) is 17.0 Å². The van der Waals surface area contributed by atoms with E-state index in [-0.39, 0.29) is 5.97 Å². The minimum atomic E-state index is -0.401. The van der Waals surface area contributed by atoms with E-state index in [0.29, 0.717) is 5.56 Å². The number of aliphatic hydroxyl groups excluding tert-OH is 1. The van der Waals surface area contributed by atoms with Crippen LogP contribution in [0.25, 0.3) is 0 Å². The van der Waals surface area contributed by atoms with Crippen molar-refractivity contribution < 1.29 is 14.6 Å². The quantitative estimate of drug-likeness (QED) is 0.763. The highest BCUT2D eigenvalue weighted by Crippen LogP contribution is 2.37. The van der Waals surface area contributed by atoms with Gasteiger partial charge >= 0.3 is 5.97 Å². The van der Waals surface area contributed by atoms with Gasteiger partial charge in [-0.3, -0.25) is 0 Å². The molecule has 1 aliphatic heterocycles. The van der Waals surface area contributed by atoms with E-state index in [4.69, 9.17) is 4.74 Å². The van der Waals surface area contributed by atoms with Gasteiger partial charge in [0, 0.05) is 10.6 Å². The van der Waals surface area contributed by atoms with Gasteiger partial charge in [0.05, 0.1) is 18.8 Å². The summed E-state index contributed by atoms with van der Waals surface area (Å²) in [6.45, 7) is 1.86. The number of fused-ring (bicyclic) bond motifs is 1. The number of esters is 1. The average Bonchev–Trinajstić information content (AvgIpc) is 2.29. The fourth-order valence-corrected chi connectivity index (χ4v) is 2.99. The summed E-state index contributed by atoms with van der Waals surface area (Å²) in [5.74, 6) is 0.568.